The summed E-state index contributed by atoms with van der Waals surface area (Å²) in [4.78, 5) is 24.7. The third-order valence-electron chi connectivity index (χ3n) is 4.37. The monoisotopic (exact) mass is 401 g/mol. The van der Waals surface area contributed by atoms with Crippen molar-refractivity contribution in [2.45, 2.75) is 6.92 Å². The molecule has 4 rings (SSSR count). The van der Waals surface area contributed by atoms with Gasteiger partial charge in [-0.2, -0.15) is 0 Å². The van der Waals surface area contributed by atoms with E-state index in [0.717, 1.165) is 5.75 Å². The van der Waals surface area contributed by atoms with Crippen LogP contribution < -0.4 is 20.4 Å². The van der Waals surface area contributed by atoms with Crippen LogP contribution in [0, 0.1) is 0 Å². The SMILES string of the molecule is CCOc1ccc(Oc2ccc(NC(=O)c3cc4ccccc4oc3=O)cc2)cc1. The van der Waals surface area contributed by atoms with Gasteiger partial charge in [-0.3, -0.25) is 4.79 Å². The quantitative estimate of drug-likeness (QED) is 0.447. The maximum Gasteiger partial charge on any atom is 0.349 e. The second-order valence-corrected chi connectivity index (χ2v) is 6.47. The summed E-state index contributed by atoms with van der Waals surface area (Å²) in [5.41, 5.74) is 0.242. The lowest BCUT2D eigenvalue weighted by Gasteiger charge is -2.09. The van der Waals surface area contributed by atoms with Crippen molar-refractivity contribution in [1.82, 2.24) is 0 Å². The maximum absolute atomic E-state index is 12.5. The number of carbonyl (C=O) groups is 1. The van der Waals surface area contributed by atoms with Gasteiger partial charge in [0.1, 0.15) is 28.4 Å². The van der Waals surface area contributed by atoms with Gasteiger partial charge in [-0.15, -0.1) is 0 Å². The lowest BCUT2D eigenvalue weighted by atomic mass is 10.1. The third-order valence-corrected chi connectivity index (χ3v) is 4.37. The first kappa shape index (κ1) is 19.3. The zero-order valence-electron chi connectivity index (χ0n) is 16.3. The highest BCUT2D eigenvalue weighted by atomic mass is 16.5. The highest BCUT2D eigenvalue weighted by Gasteiger charge is 2.14. The van der Waals surface area contributed by atoms with Crippen LogP contribution in [0.4, 0.5) is 5.69 Å². The summed E-state index contributed by atoms with van der Waals surface area (Å²) in [6.07, 6.45) is 0. The number of hydrogen-bond donors (Lipinski definition) is 1. The number of para-hydroxylation sites is 1. The minimum Gasteiger partial charge on any atom is -0.494 e. The van der Waals surface area contributed by atoms with Crippen LogP contribution in [0.1, 0.15) is 17.3 Å². The Morgan fingerprint density at radius 3 is 2.23 bits per heavy atom. The summed E-state index contributed by atoms with van der Waals surface area (Å²) in [5, 5.41) is 3.39. The summed E-state index contributed by atoms with van der Waals surface area (Å²) in [7, 11) is 0. The average Bonchev–Trinajstić information content (AvgIpc) is 2.76. The molecular weight excluding hydrogens is 382 g/mol. The zero-order chi connectivity index (χ0) is 20.9. The minimum absolute atomic E-state index is 0.0524. The van der Waals surface area contributed by atoms with Gasteiger partial charge < -0.3 is 19.2 Å². The van der Waals surface area contributed by atoms with Crippen LogP contribution in [0.15, 0.2) is 88.1 Å². The van der Waals surface area contributed by atoms with E-state index in [0.29, 0.717) is 34.8 Å². The van der Waals surface area contributed by atoms with E-state index in [4.69, 9.17) is 13.9 Å². The molecule has 0 spiro atoms. The number of rotatable bonds is 6. The Bertz CT molecular complexity index is 1230. The van der Waals surface area contributed by atoms with Crippen molar-refractivity contribution in [3.63, 3.8) is 0 Å². The maximum atomic E-state index is 12.5. The lowest BCUT2D eigenvalue weighted by molar-refractivity contribution is 0.102. The Kier molecular flexibility index (Phi) is 5.48. The summed E-state index contributed by atoms with van der Waals surface area (Å²) in [6, 6.07) is 22.7. The summed E-state index contributed by atoms with van der Waals surface area (Å²) in [6.45, 7) is 2.53. The summed E-state index contributed by atoms with van der Waals surface area (Å²) < 4.78 is 16.4. The van der Waals surface area contributed by atoms with Gasteiger partial charge in [0.15, 0.2) is 0 Å². The highest BCUT2D eigenvalue weighted by molar-refractivity contribution is 6.05. The number of carbonyl (C=O) groups excluding carboxylic acids is 1. The number of benzene rings is 3. The van der Waals surface area contributed by atoms with Crippen LogP contribution in [0.5, 0.6) is 17.2 Å². The molecule has 30 heavy (non-hydrogen) atoms. The molecule has 0 bridgehead atoms. The predicted molar refractivity (Wildman–Crippen MR) is 115 cm³/mol. The number of amides is 1. The van der Waals surface area contributed by atoms with Gasteiger partial charge in [0, 0.05) is 11.1 Å². The van der Waals surface area contributed by atoms with E-state index in [1.165, 1.54) is 6.07 Å². The van der Waals surface area contributed by atoms with Crippen molar-refractivity contribution >= 4 is 22.6 Å². The van der Waals surface area contributed by atoms with Crippen LogP contribution in [-0.4, -0.2) is 12.5 Å². The van der Waals surface area contributed by atoms with Crippen molar-refractivity contribution in [2.75, 3.05) is 11.9 Å². The van der Waals surface area contributed by atoms with Crippen molar-refractivity contribution in [2.24, 2.45) is 0 Å². The van der Waals surface area contributed by atoms with Gasteiger partial charge in [-0.1, -0.05) is 18.2 Å². The second-order valence-electron chi connectivity index (χ2n) is 6.47. The molecule has 1 amide bonds. The molecular formula is C24H19NO5. The molecule has 6 heteroatoms. The molecule has 0 saturated heterocycles. The molecule has 3 aromatic carbocycles. The normalized spacial score (nSPS) is 10.6. The average molecular weight is 401 g/mol. The topological polar surface area (TPSA) is 77.8 Å². The number of fused-ring (bicyclic) bond motifs is 1. The Labute approximate surface area is 172 Å². The minimum atomic E-state index is -0.679. The fourth-order valence-corrected chi connectivity index (χ4v) is 2.93. The molecule has 0 atom stereocenters. The molecule has 1 N–H and O–H groups in total. The van der Waals surface area contributed by atoms with Crippen LogP contribution in [-0.2, 0) is 0 Å². The van der Waals surface area contributed by atoms with Gasteiger partial charge >= 0.3 is 5.63 Å². The van der Waals surface area contributed by atoms with Crippen LogP contribution in [0.2, 0.25) is 0 Å². The number of hydrogen-bond acceptors (Lipinski definition) is 5. The Morgan fingerprint density at radius 1 is 0.900 bits per heavy atom. The second kappa shape index (κ2) is 8.53. The molecule has 1 heterocycles. The molecule has 0 aliphatic carbocycles. The van der Waals surface area contributed by atoms with Gasteiger partial charge in [-0.05, 0) is 67.6 Å². The third kappa shape index (κ3) is 4.33. The lowest BCUT2D eigenvalue weighted by Crippen LogP contribution is -2.20. The van der Waals surface area contributed by atoms with Gasteiger partial charge in [0.2, 0.25) is 0 Å². The van der Waals surface area contributed by atoms with E-state index < -0.39 is 11.5 Å². The van der Waals surface area contributed by atoms with Crippen molar-refractivity contribution in [3.05, 3.63) is 94.8 Å². The van der Waals surface area contributed by atoms with E-state index in [2.05, 4.69) is 5.32 Å². The molecule has 1 aromatic heterocycles. The Balaban J connectivity index is 1.45. The van der Waals surface area contributed by atoms with Gasteiger partial charge in [0.05, 0.1) is 6.61 Å². The van der Waals surface area contributed by atoms with E-state index in [-0.39, 0.29) is 5.56 Å². The molecule has 0 unspecified atom stereocenters. The fraction of sp³-hybridized carbons (Fsp3) is 0.0833. The molecule has 6 nitrogen and oxygen atoms in total. The first-order valence-electron chi connectivity index (χ1n) is 9.47. The van der Waals surface area contributed by atoms with E-state index in [1.807, 2.05) is 37.3 Å². The first-order valence-corrected chi connectivity index (χ1v) is 9.47. The molecule has 150 valence electrons. The zero-order valence-corrected chi connectivity index (χ0v) is 16.3. The van der Waals surface area contributed by atoms with Crippen LogP contribution >= 0.6 is 0 Å². The van der Waals surface area contributed by atoms with E-state index in [1.54, 1.807) is 42.5 Å². The van der Waals surface area contributed by atoms with Crippen molar-refractivity contribution in [3.8, 4) is 17.2 Å². The predicted octanol–water partition coefficient (Wildman–Crippen LogP) is 5.24. The molecule has 0 aliphatic rings. The standard InChI is InChI=1S/C24H19NO5/c1-2-28-18-11-13-20(14-12-18)29-19-9-7-17(8-10-19)25-23(26)21-15-16-5-3-4-6-22(16)30-24(21)27/h3-15H,2H2,1H3,(H,25,26). The number of anilines is 1. The van der Waals surface area contributed by atoms with Crippen molar-refractivity contribution in [1.29, 1.82) is 0 Å². The first-order chi connectivity index (χ1) is 14.6. The van der Waals surface area contributed by atoms with Crippen molar-refractivity contribution < 1.29 is 18.7 Å². The molecule has 0 aliphatic heterocycles. The van der Waals surface area contributed by atoms with E-state index >= 15 is 0 Å². The Hall–Kier alpha value is -4.06. The summed E-state index contributed by atoms with van der Waals surface area (Å²) in [5.74, 6) is 1.53. The largest absolute Gasteiger partial charge is 0.494 e. The number of nitrogens with one attached hydrogen (secondary N) is 1. The summed E-state index contributed by atoms with van der Waals surface area (Å²) >= 11 is 0. The highest BCUT2D eigenvalue weighted by Crippen LogP contribution is 2.25. The van der Waals surface area contributed by atoms with Gasteiger partial charge in [0.25, 0.3) is 5.91 Å². The molecule has 0 radical (unpaired) electrons. The Morgan fingerprint density at radius 2 is 1.53 bits per heavy atom. The molecule has 0 fully saturated rings. The number of ether oxygens (including phenoxy) is 2. The van der Waals surface area contributed by atoms with Gasteiger partial charge in [-0.25, -0.2) is 4.79 Å². The smallest absolute Gasteiger partial charge is 0.349 e. The van der Waals surface area contributed by atoms with E-state index in [9.17, 15) is 9.59 Å². The molecule has 0 saturated carbocycles. The van der Waals surface area contributed by atoms with Crippen LogP contribution in [0.3, 0.4) is 0 Å². The van der Waals surface area contributed by atoms with Crippen LogP contribution in [0.25, 0.3) is 11.0 Å². The molecule has 4 aromatic rings. The fourth-order valence-electron chi connectivity index (χ4n) is 2.93.